The highest BCUT2D eigenvalue weighted by molar-refractivity contribution is 7.98. The van der Waals surface area contributed by atoms with Crippen molar-refractivity contribution in [2.45, 2.75) is 38.8 Å². The number of nitrogens with one attached hydrogen (secondary N) is 1. The van der Waals surface area contributed by atoms with E-state index < -0.39 is 0 Å². The molecule has 0 aromatic heterocycles. The van der Waals surface area contributed by atoms with E-state index in [1.807, 2.05) is 11.8 Å². The number of hydrogen-bond donors (Lipinski definition) is 1. The summed E-state index contributed by atoms with van der Waals surface area (Å²) in [6, 6.07) is 1.46. The van der Waals surface area contributed by atoms with Crippen LogP contribution in [0, 0.1) is 5.92 Å². The molecule has 0 amide bonds. The second-order valence-electron chi connectivity index (χ2n) is 4.75. The van der Waals surface area contributed by atoms with Crippen LogP contribution in [0.4, 0.5) is 0 Å². The van der Waals surface area contributed by atoms with E-state index in [1.54, 1.807) is 0 Å². The summed E-state index contributed by atoms with van der Waals surface area (Å²) in [6.07, 6.45) is 4.82. The lowest BCUT2D eigenvalue weighted by molar-refractivity contribution is 0.210. The van der Waals surface area contributed by atoms with Crippen LogP contribution in [-0.4, -0.2) is 49.1 Å². The molecule has 1 saturated heterocycles. The summed E-state index contributed by atoms with van der Waals surface area (Å²) in [4.78, 5) is 2.56. The van der Waals surface area contributed by atoms with Crippen LogP contribution in [0.25, 0.3) is 0 Å². The Kier molecular flexibility index (Phi) is 6.02. The lowest BCUT2D eigenvalue weighted by Gasteiger charge is -2.30. The molecule has 1 aliphatic rings. The maximum atomic E-state index is 3.53. The first kappa shape index (κ1) is 13.3. The first-order valence-corrected chi connectivity index (χ1v) is 7.51. The lowest BCUT2D eigenvalue weighted by Crippen LogP contribution is -2.39. The van der Waals surface area contributed by atoms with E-state index in [-0.39, 0.29) is 0 Å². The average molecular weight is 230 g/mol. The molecule has 3 unspecified atom stereocenters. The SMILES string of the molecule is CCC(CSC)N(C)CC1CCNC1C. The molecule has 15 heavy (non-hydrogen) atoms. The van der Waals surface area contributed by atoms with Crippen LogP contribution in [-0.2, 0) is 0 Å². The fraction of sp³-hybridized carbons (Fsp3) is 1.00. The third kappa shape index (κ3) is 3.97. The van der Waals surface area contributed by atoms with Crippen LogP contribution in [0.2, 0.25) is 0 Å². The fourth-order valence-electron chi connectivity index (χ4n) is 2.43. The summed E-state index contributed by atoms with van der Waals surface area (Å²) in [6.45, 7) is 7.08. The number of rotatable bonds is 6. The molecule has 3 heteroatoms. The van der Waals surface area contributed by atoms with Crippen LogP contribution in [0.15, 0.2) is 0 Å². The Morgan fingerprint density at radius 3 is 2.73 bits per heavy atom. The standard InChI is InChI=1S/C12H26N2S/c1-5-12(9-15-4)14(3)8-11-6-7-13-10(11)2/h10-13H,5-9H2,1-4H3. The minimum atomic E-state index is 0.708. The van der Waals surface area contributed by atoms with Gasteiger partial charge in [0.2, 0.25) is 0 Å². The van der Waals surface area contributed by atoms with Gasteiger partial charge in [0.1, 0.15) is 0 Å². The molecular formula is C12H26N2S. The highest BCUT2D eigenvalue weighted by Crippen LogP contribution is 2.18. The number of hydrogen-bond acceptors (Lipinski definition) is 3. The van der Waals surface area contributed by atoms with Crippen molar-refractivity contribution >= 4 is 11.8 Å². The monoisotopic (exact) mass is 230 g/mol. The van der Waals surface area contributed by atoms with Gasteiger partial charge in [0, 0.05) is 24.4 Å². The van der Waals surface area contributed by atoms with Gasteiger partial charge in [0.25, 0.3) is 0 Å². The van der Waals surface area contributed by atoms with Crippen molar-refractivity contribution in [3.05, 3.63) is 0 Å². The van der Waals surface area contributed by atoms with Crippen molar-refractivity contribution in [1.82, 2.24) is 10.2 Å². The van der Waals surface area contributed by atoms with Crippen molar-refractivity contribution in [1.29, 1.82) is 0 Å². The molecule has 1 rings (SSSR count). The Bertz CT molecular complexity index is 175. The van der Waals surface area contributed by atoms with Gasteiger partial charge in [-0.1, -0.05) is 6.92 Å². The summed E-state index contributed by atoms with van der Waals surface area (Å²) in [7, 11) is 2.29. The Morgan fingerprint density at radius 1 is 1.53 bits per heavy atom. The van der Waals surface area contributed by atoms with E-state index in [1.165, 1.54) is 31.7 Å². The van der Waals surface area contributed by atoms with Crippen LogP contribution in [0.1, 0.15) is 26.7 Å². The summed E-state index contributed by atoms with van der Waals surface area (Å²) >= 11 is 1.96. The van der Waals surface area contributed by atoms with Crippen LogP contribution < -0.4 is 5.32 Å². The van der Waals surface area contributed by atoms with Gasteiger partial charge in [-0.2, -0.15) is 11.8 Å². The number of nitrogens with zero attached hydrogens (tertiary/aromatic N) is 1. The maximum Gasteiger partial charge on any atom is 0.0180 e. The summed E-state index contributed by atoms with van der Waals surface area (Å²) in [5.74, 6) is 2.12. The second kappa shape index (κ2) is 6.77. The van der Waals surface area contributed by atoms with Crippen LogP contribution >= 0.6 is 11.8 Å². The smallest absolute Gasteiger partial charge is 0.0180 e. The minimum absolute atomic E-state index is 0.708. The van der Waals surface area contributed by atoms with E-state index in [2.05, 4.69) is 37.4 Å². The van der Waals surface area contributed by atoms with Gasteiger partial charge in [0.05, 0.1) is 0 Å². The highest BCUT2D eigenvalue weighted by atomic mass is 32.2. The highest BCUT2D eigenvalue weighted by Gasteiger charge is 2.25. The Hall–Kier alpha value is 0.270. The van der Waals surface area contributed by atoms with Crippen LogP contribution in [0.3, 0.4) is 0 Å². The third-order valence-corrected chi connectivity index (χ3v) is 4.38. The molecule has 3 atom stereocenters. The van der Waals surface area contributed by atoms with E-state index in [4.69, 9.17) is 0 Å². The molecule has 2 nitrogen and oxygen atoms in total. The molecule has 1 fully saturated rings. The Labute approximate surface area is 99.2 Å². The summed E-state index contributed by atoms with van der Waals surface area (Å²) in [5, 5.41) is 3.53. The van der Waals surface area contributed by atoms with Crippen molar-refractivity contribution in [2.75, 3.05) is 32.1 Å². The van der Waals surface area contributed by atoms with E-state index >= 15 is 0 Å². The van der Waals surface area contributed by atoms with Gasteiger partial charge >= 0.3 is 0 Å². The number of thioether (sulfide) groups is 1. The minimum Gasteiger partial charge on any atom is -0.314 e. The first-order valence-electron chi connectivity index (χ1n) is 6.11. The fourth-order valence-corrected chi connectivity index (χ4v) is 3.31. The van der Waals surface area contributed by atoms with Crippen molar-refractivity contribution in [3.63, 3.8) is 0 Å². The van der Waals surface area contributed by atoms with Gasteiger partial charge in [-0.05, 0) is 45.5 Å². The van der Waals surface area contributed by atoms with E-state index in [0.717, 1.165) is 12.0 Å². The summed E-state index contributed by atoms with van der Waals surface area (Å²) < 4.78 is 0. The molecule has 0 aliphatic carbocycles. The first-order chi connectivity index (χ1) is 7.19. The molecule has 0 spiro atoms. The predicted octanol–water partition coefficient (Wildman–Crippen LogP) is 2.06. The zero-order valence-electron chi connectivity index (χ0n) is 10.6. The molecule has 0 aromatic rings. The topological polar surface area (TPSA) is 15.3 Å². The van der Waals surface area contributed by atoms with Gasteiger partial charge in [-0.15, -0.1) is 0 Å². The molecule has 1 N–H and O–H groups in total. The maximum absolute atomic E-state index is 3.53. The molecule has 0 aromatic carbocycles. The Balaban J connectivity index is 2.35. The largest absolute Gasteiger partial charge is 0.314 e. The molecule has 0 saturated carbocycles. The molecule has 1 heterocycles. The lowest BCUT2D eigenvalue weighted by atomic mass is 10.0. The second-order valence-corrected chi connectivity index (χ2v) is 5.66. The quantitative estimate of drug-likeness (QED) is 0.752. The van der Waals surface area contributed by atoms with Gasteiger partial charge in [0.15, 0.2) is 0 Å². The van der Waals surface area contributed by atoms with Crippen molar-refractivity contribution in [3.8, 4) is 0 Å². The molecule has 1 aliphatic heterocycles. The normalized spacial score (nSPS) is 28.6. The Morgan fingerprint density at radius 2 is 2.27 bits per heavy atom. The van der Waals surface area contributed by atoms with Gasteiger partial charge in [-0.3, -0.25) is 0 Å². The molecule has 0 bridgehead atoms. The van der Waals surface area contributed by atoms with Gasteiger partial charge < -0.3 is 10.2 Å². The van der Waals surface area contributed by atoms with Crippen molar-refractivity contribution in [2.24, 2.45) is 5.92 Å². The van der Waals surface area contributed by atoms with E-state index in [9.17, 15) is 0 Å². The predicted molar refractivity (Wildman–Crippen MR) is 70.7 cm³/mol. The van der Waals surface area contributed by atoms with E-state index in [0.29, 0.717) is 6.04 Å². The molecular weight excluding hydrogens is 204 g/mol. The van der Waals surface area contributed by atoms with Crippen LogP contribution in [0.5, 0.6) is 0 Å². The zero-order chi connectivity index (χ0) is 11.3. The molecule has 0 radical (unpaired) electrons. The van der Waals surface area contributed by atoms with Crippen molar-refractivity contribution < 1.29 is 0 Å². The third-order valence-electron chi connectivity index (χ3n) is 3.66. The average Bonchev–Trinajstić information content (AvgIpc) is 2.60. The molecule has 90 valence electrons. The van der Waals surface area contributed by atoms with Gasteiger partial charge in [-0.25, -0.2) is 0 Å². The zero-order valence-corrected chi connectivity index (χ0v) is 11.4. The summed E-state index contributed by atoms with van der Waals surface area (Å²) in [5.41, 5.74) is 0.